The number of nitrogens with zero attached hydrogens (tertiary/aromatic N) is 1. The van der Waals surface area contributed by atoms with Crippen LogP contribution in [0.4, 0.5) is 0 Å². The lowest BCUT2D eigenvalue weighted by atomic mass is 10.3. The summed E-state index contributed by atoms with van der Waals surface area (Å²) in [5, 5.41) is 2.00. The highest BCUT2D eigenvalue weighted by Crippen LogP contribution is 2.14. The Balaban J connectivity index is 2.40. The van der Waals surface area contributed by atoms with E-state index in [9.17, 15) is 0 Å². The number of hydrogen-bond donors (Lipinski definition) is 2. The average Bonchev–Trinajstić information content (AvgIpc) is 2.15. The Labute approximate surface area is 74.9 Å². The molecule has 0 bridgehead atoms. The number of allylic oxidation sites excluding steroid dienone is 1. The molecule has 0 saturated heterocycles. The predicted octanol–water partition coefficient (Wildman–Crippen LogP) is 0.996. The van der Waals surface area contributed by atoms with Crippen LogP contribution in [0, 0.1) is 0 Å². The van der Waals surface area contributed by atoms with Crippen molar-refractivity contribution in [2.75, 3.05) is 7.05 Å². The van der Waals surface area contributed by atoms with Gasteiger partial charge in [-0.1, -0.05) is 29.5 Å². The normalized spacial score (nSPS) is 20.3. The van der Waals surface area contributed by atoms with Crippen LogP contribution in [-0.2, 0) is 0 Å². The fourth-order valence-electron chi connectivity index (χ4n) is 0.865. The number of halogens is 1. The fraction of sp³-hybridized carbons (Fsp3) is 0.667. The van der Waals surface area contributed by atoms with E-state index in [1.54, 1.807) is 0 Å². The van der Waals surface area contributed by atoms with Crippen LogP contribution in [-0.4, -0.2) is 16.0 Å². The Hall–Kier alpha value is 0.0300. The molecule has 0 aromatic carbocycles. The van der Waals surface area contributed by atoms with Gasteiger partial charge in [-0.25, -0.2) is 0 Å². The summed E-state index contributed by atoms with van der Waals surface area (Å²) in [5.74, 6) is 0. The van der Waals surface area contributed by atoms with Crippen LogP contribution in [0.2, 0.25) is 0 Å². The van der Waals surface area contributed by atoms with Gasteiger partial charge in [0.25, 0.3) is 0 Å². The highest BCUT2D eigenvalue weighted by molar-refractivity contribution is 14.1. The van der Waals surface area contributed by atoms with Gasteiger partial charge in [0.15, 0.2) is 0 Å². The monoisotopic (exact) mass is 253 g/mol. The molecule has 2 N–H and O–H groups in total. The minimum Gasteiger partial charge on any atom is -0.309 e. The van der Waals surface area contributed by atoms with E-state index in [2.05, 4.69) is 40.5 Å². The molecule has 0 saturated carbocycles. The van der Waals surface area contributed by atoms with Gasteiger partial charge in [-0.2, -0.15) is 0 Å². The molecule has 0 fully saturated rings. The first kappa shape index (κ1) is 8.13. The van der Waals surface area contributed by atoms with Gasteiger partial charge < -0.3 is 5.43 Å². The van der Waals surface area contributed by atoms with Gasteiger partial charge in [0.2, 0.25) is 0 Å². The molecule has 10 heavy (non-hydrogen) atoms. The summed E-state index contributed by atoms with van der Waals surface area (Å²) in [6, 6.07) is 0. The van der Waals surface area contributed by atoms with Crippen molar-refractivity contribution in [3.05, 3.63) is 11.9 Å². The zero-order chi connectivity index (χ0) is 7.56. The van der Waals surface area contributed by atoms with Crippen LogP contribution >= 0.6 is 22.6 Å². The number of hydrogen-bond acceptors (Lipinski definition) is 3. The quantitative estimate of drug-likeness (QED) is 0.567. The van der Waals surface area contributed by atoms with E-state index in [0.717, 1.165) is 6.42 Å². The molecule has 1 rings (SSSR count). The van der Waals surface area contributed by atoms with Gasteiger partial charge in [0.1, 0.15) is 0 Å². The first-order valence-corrected chi connectivity index (χ1v) is 4.52. The highest BCUT2D eigenvalue weighted by Gasteiger charge is 2.10. The Bertz CT molecular complexity index is 144. The van der Waals surface area contributed by atoms with E-state index < -0.39 is 0 Å². The highest BCUT2D eigenvalue weighted by atomic mass is 127. The molecule has 0 spiro atoms. The minimum atomic E-state index is 0.688. The van der Waals surface area contributed by atoms with E-state index in [4.69, 9.17) is 0 Å². The van der Waals surface area contributed by atoms with Gasteiger partial charge in [-0.15, -0.1) is 5.53 Å². The molecule has 58 valence electrons. The van der Waals surface area contributed by atoms with E-state index in [-0.39, 0.29) is 0 Å². The molecule has 0 aliphatic carbocycles. The standard InChI is InChI=1S/C6H12IN3/c1-5(7)3-6-4-8-9-10(6)2/h4-5,8-9H,3H2,1-2H3. The molecule has 3 nitrogen and oxygen atoms in total. The second-order valence-corrected chi connectivity index (χ2v) is 4.56. The van der Waals surface area contributed by atoms with Crippen LogP contribution in [0.1, 0.15) is 13.3 Å². The van der Waals surface area contributed by atoms with Crippen LogP contribution < -0.4 is 11.0 Å². The Morgan fingerprint density at radius 1 is 1.80 bits per heavy atom. The number of rotatable bonds is 2. The Morgan fingerprint density at radius 2 is 2.50 bits per heavy atom. The number of alkyl halides is 1. The first-order chi connectivity index (χ1) is 4.70. The summed E-state index contributed by atoms with van der Waals surface area (Å²) >= 11 is 2.42. The van der Waals surface area contributed by atoms with Crippen molar-refractivity contribution in [3.63, 3.8) is 0 Å². The summed E-state index contributed by atoms with van der Waals surface area (Å²) in [5.41, 5.74) is 7.21. The topological polar surface area (TPSA) is 27.3 Å². The molecule has 0 amide bonds. The van der Waals surface area contributed by atoms with Crippen molar-refractivity contribution in [3.8, 4) is 0 Å². The predicted molar refractivity (Wildman–Crippen MR) is 50.2 cm³/mol. The van der Waals surface area contributed by atoms with Gasteiger partial charge >= 0.3 is 0 Å². The molecule has 1 aliphatic heterocycles. The second-order valence-electron chi connectivity index (χ2n) is 2.44. The zero-order valence-corrected chi connectivity index (χ0v) is 8.34. The maximum absolute atomic E-state index is 2.96. The van der Waals surface area contributed by atoms with Crippen LogP contribution in [0.15, 0.2) is 11.9 Å². The third kappa shape index (κ3) is 2.02. The van der Waals surface area contributed by atoms with Crippen molar-refractivity contribution in [2.24, 2.45) is 0 Å². The van der Waals surface area contributed by atoms with Crippen molar-refractivity contribution in [1.82, 2.24) is 16.0 Å². The van der Waals surface area contributed by atoms with Crippen LogP contribution in [0.25, 0.3) is 0 Å². The molecular formula is C6H12IN3. The van der Waals surface area contributed by atoms with E-state index in [1.807, 2.05) is 18.3 Å². The summed E-state index contributed by atoms with van der Waals surface area (Å²) < 4.78 is 0.688. The summed E-state index contributed by atoms with van der Waals surface area (Å²) in [6.07, 6.45) is 3.10. The molecular weight excluding hydrogens is 241 g/mol. The number of nitrogens with one attached hydrogen (secondary N) is 2. The van der Waals surface area contributed by atoms with E-state index in [0.29, 0.717) is 3.92 Å². The zero-order valence-electron chi connectivity index (χ0n) is 6.19. The van der Waals surface area contributed by atoms with Crippen molar-refractivity contribution >= 4 is 22.6 Å². The third-order valence-electron chi connectivity index (χ3n) is 1.39. The SMILES string of the molecule is CC(I)CC1=CNNN1C. The average molecular weight is 253 g/mol. The van der Waals surface area contributed by atoms with Gasteiger partial charge in [-0.3, -0.25) is 5.01 Å². The molecule has 0 radical (unpaired) electrons. The molecule has 1 unspecified atom stereocenters. The fourth-order valence-corrected chi connectivity index (χ4v) is 1.32. The molecule has 0 aromatic heterocycles. The first-order valence-electron chi connectivity index (χ1n) is 3.28. The van der Waals surface area contributed by atoms with Crippen molar-refractivity contribution in [2.45, 2.75) is 17.3 Å². The largest absolute Gasteiger partial charge is 0.309 e. The lowest BCUT2D eigenvalue weighted by Gasteiger charge is -2.15. The second kappa shape index (κ2) is 3.43. The van der Waals surface area contributed by atoms with Gasteiger partial charge in [0, 0.05) is 29.3 Å². The third-order valence-corrected chi connectivity index (χ3v) is 1.83. The van der Waals surface area contributed by atoms with Crippen LogP contribution in [0.3, 0.4) is 0 Å². The van der Waals surface area contributed by atoms with Gasteiger partial charge in [-0.05, 0) is 0 Å². The maximum Gasteiger partial charge on any atom is 0.0490 e. The minimum absolute atomic E-state index is 0.688. The molecule has 1 aliphatic rings. The van der Waals surface area contributed by atoms with E-state index in [1.165, 1.54) is 5.70 Å². The molecule has 0 aromatic rings. The van der Waals surface area contributed by atoms with E-state index >= 15 is 0 Å². The molecule has 1 heterocycles. The summed E-state index contributed by atoms with van der Waals surface area (Å²) in [6.45, 7) is 2.20. The van der Waals surface area contributed by atoms with Gasteiger partial charge in [0.05, 0.1) is 0 Å². The van der Waals surface area contributed by atoms with Crippen molar-refractivity contribution < 1.29 is 0 Å². The Morgan fingerprint density at radius 3 is 2.90 bits per heavy atom. The lowest BCUT2D eigenvalue weighted by Crippen LogP contribution is -2.34. The van der Waals surface area contributed by atoms with Crippen molar-refractivity contribution in [1.29, 1.82) is 0 Å². The number of hydrazine groups is 2. The summed E-state index contributed by atoms with van der Waals surface area (Å²) in [4.78, 5) is 0. The molecule has 1 atom stereocenters. The lowest BCUT2D eigenvalue weighted by molar-refractivity contribution is 0.299. The maximum atomic E-state index is 2.96. The van der Waals surface area contributed by atoms with Crippen LogP contribution in [0.5, 0.6) is 0 Å². The molecule has 4 heteroatoms. The summed E-state index contributed by atoms with van der Waals surface area (Å²) in [7, 11) is 2.00. The Kier molecular flexibility index (Phi) is 2.79. The smallest absolute Gasteiger partial charge is 0.0490 e.